The van der Waals surface area contributed by atoms with Crippen LogP contribution in [0.15, 0.2) is 57.9 Å². The van der Waals surface area contributed by atoms with Gasteiger partial charge in [-0.15, -0.1) is 0 Å². The molecule has 0 fully saturated rings. The Kier molecular flexibility index (Phi) is 5.78. The van der Waals surface area contributed by atoms with Crippen molar-refractivity contribution >= 4 is 26.0 Å². The third kappa shape index (κ3) is 4.66. The maximum atomic E-state index is 12.4. The van der Waals surface area contributed by atoms with E-state index in [-0.39, 0.29) is 10.9 Å². The third-order valence-electron chi connectivity index (χ3n) is 3.44. The minimum atomic E-state index is -3.51. The van der Waals surface area contributed by atoms with Gasteiger partial charge < -0.3 is 0 Å². The summed E-state index contributed by atoms with van der Waals surface area (Å²) in [5.74, 6) is 0. The lowest BCUT2D eigenvalue weighted by Crippen LogP contribution is -2.33. The molecule has 0 amide bonds. The lowest BCUT2D eigenvalue weighted by molar-refractivity contribution is 0.546. The monoisotopic (exact) mass is 381 g/mol. The van der Waals surface area contributed by atoms with E-state index in [2.05, 4.69) is 32.8 Å². The Labute approximate surface area is 140 Å². The quantitative estimate of drug-likeness (QED) is 0.819. The number of nitrogens with one attached hydrogen (secondary N) is 1. The van der Waals surface area contributed by atoms with Gasteiger partial charge >= 0.3 is 0 Å². The Morgan fingerprint density at radius 3 is 2.45 bits per heavy atom. The van der Waals surface area contributed by atoms with E-state index in [9.17, 15) is 8.42 Å². The largest absolute Gasteiger partial charge is 0.241 e. The number of benzene rings is 2. The number of hydrogen-bond acceptors (Lipinski definition) is 2. The van der Waals surface area contributed by atoms with Crippen molar-refractivity contribution in [3.8, 4) is 0 Å². The lowest BCUT2D eigenvalue weighted by atomic mass is 10.1. The van der Waals surface area contributed by atoms with E-state index in [0.29, 0.717) is 4.47 Å². The molecule has 0 heterocycles. The van der Waals surface area contributed by atoms with Gasteiger partial charge in [-0.25, -0.2) is 13.1 Å². The molecule has 0 spiro atoms. The molecular formula is C17H20BrNO2S. The van der Waals surface area contributed by atoms with Crippen LogP contribution in [0.3, 0.4) is 0 Å². The number of halogens is 1. The van der Waals surface area contributed by atoms with Gasteiger partial charge in [0.05, 0.1) is 4.90 Å². The Bertz CT molecular complexity index is 730. The molecule has 2 aromatic carbocycles. The minimum absolute atomic E-state index is 0.126. The molecule has 2 rings (SSSR count). The highest BCUT2D eigenvalue weighted by atomic mass is 79.9. The molecule has 118 valence electrons. The van der Waals surface area contributed by atoms with Crippen molar-refractivity contribution in [3.63, 3.8) is 0 Å². The summed E-state index contributed by atoms with van der Waals surface area (Å²) in [7, 11) is -3.51. The van der Waals surface area contributed by atoms with Crippen LogP contribution in [0.5, 0.6) is 0 Å². The smallest absolute Gasteiger partial charge is 0.208 e. The van der Waals surface area contributed by atoms with Gasteiger partial charge in [-0.05, 0) is 65.9 Å². The van der Waals surface area contributed by atoms with Crippen molar-refractivity contribution in [1.82, 2.24) is 4.72 Å². The summed E-state index contributed by atoms with van der Waals surface area (Å²) in [4.78, 5) is 0.282. The van der Waals surface area contributed by atoms with Gasteiger partial charge in [-0.1, -0.05) is 36.4 Å². The van der Waals surface area contributed by atoms with Crippen molar-refractivity contribution in [2.24, 2.45) is 0 Å². The molecule has 0 saturated heterocycles. The summed E-state index contributed by atoms with van der Waals surface area (Å²) in [6.45, 7) is 3.82. The zero-order chi connectivity index (χ0) is 16.2. The molecule has 1 unspecified atom stereocenters. The first-order valence-electron chi connectivity index (χ1n) is 7.21. The first-order chi connectivity index (χ1) is 10.4. The maximum absolute atomic E-state index is 12.4. The highest BCUT2D eigenvalue weighted by molar-refractivity contribution is 9.10. The zero-order valence-corrected chi connectivity index (χ0v) is 15.1. The van der Waals surface area contributed by atoms with Crippen LogP contribution in [-0.2, 0) is 16.4 Å². The standard InChI is InChI=1S/C17H20BrNO2S/c1-13-8-11-17(16(18)12-13)22(20,21)19-14(2)9-10-15-6-4-3-5-7-15/h3-8,11-12,14,19H,9-10H2,1-2H3. The summed E-state index contributed by atoms with van der Waals surface area (Å²) in [6.07, 6.45) is 1.60. The maximum Gasteiger partial charge on any atom is 0.241 e. The van der Waals surface area contributed by atoms with Gasteiger partial charge in [0.25, 0.3) is 0 Å². The van der Waals surface area contributed by atoms with Gasteiger partial charge in [0.1, 0.15) is 0 Å². The van der Waals surface area contributed by atoms with Crippen molar-refractivity contribution < 1.29 is 8.42 Å². The Morgan fingerprint density at radius 1 is 1.14 bits per heavy atom. The fourth-order valence-electron chi connectivity index (χ4n) is 2.24. The molecule has 1 N–H and O–H groups in total. The topological polar surface area (TPSA) is 46.2 Å². The first kappa shape index (κ1) is 17.2. The molecule has 0 aliphatic carbocycles. The van der Waals surface area contributed by atoms with E-state index in [1.165, 1.54) is 5.56 Å². The first-order valence-corrected chi connectivity index (χ1v) is 9.48. The molecule has 0 aliphatic rings. The van der Waals surface area contributed by atoms with Crippen LogP contribution in [0.2, 0.25) is 0 Å². The van der Waals surface area contributed by atoms with E-state index in [4.69, 9.17) is 0 Å². The van der Waals surface area contributed by atoms with Crippen LogP contribution in [0, 0.1) is 6.92 Å². The molecule has 2 aromatic rings. The molecule has 0 radical (unpaired) electrons. The Hall–Kier alpha value is -1.17. The average Bonchev–Trinajstić information content (AvgIpc) is 2.45. The predicted octanol–water partition coefficient (Wildman–Crippen LogP) is 4.06. The van der Waals surface area contributed by atoms with E-state index >= 15 is 0 Å². The van der Waals surface area contributed by atoms with E-state index in [1.807, 2.05) is 38.1 Å². The summed E-state index contributed by atoms with van der Waals surface area (Å²) >= 11 is 3.33. The van der Waals surface area contributed by atoms with Gasteiger partial charge in [-0.3, -0.25) is 0 Å². The Morgan fingerprint density at radius 2 is 1.82 bits per heavy atom. The zero-order valence-electron chi connectivity index (χ0n) is 12.7. The number of aryl methyl sites for hydroxylation is 2. The summed E-state index contributed by atoms with van der Waals surface area (Å²) in [6, 6.07) is 15.2. The van der Waals surface area contributed by atoms with Crippen LogP contribution in [0.25, 0.3) is 0 Å². The number of sulfonamides is 1. The molecular weight excluding hydrogens is 362 g/mol. The fraction of sp³-hybridized carbons (Fsp3) is 0.294. The summed E-state index contributed by atoms with van der Waals surface area (Å²) in [5, 5.41) is 0. The van der Waals surface area contributed by atoms with Crippen LogP contribution in [-0.4, -0.2) is 14.5 Å². The fourth-order valence-corrected chi connectivity index (χ4v) is 4.71. The van der Waals surface area contributed by atoms with E-state index < -0.39 is 10.0 Å². The lowest BCUT2D eigenvalue weighted by Gasteiger charge is -2.15. The molecule has 0 aliphatic heterocycles. The highest BCUT2D eigenvalue weighted by Crippen LogP contribution is 2.23. The van der Waals surface area contributed by atoms with Crippen LogP contribution in [0.1, 0.15) is 24.5 Å². The second-order valence-corrected chi connectivity index (χ2v) is 8.02. The van der Waals surface area contributed by atoms with E-state index in [0.717, 1.165) is 18.4 Å². The molecule has 5 heteroatoms. The Balaban J connectivity index is 2.02. The van der Waals surface area contributed by atoms with Gasteiger partial charge in [0, 0.05) is 10.5 Å². The summed E-state index contributed by atoms with van der Waals surface area (Å²) in [5.41, 5.74) is 2.23. The van der Waals surface area contributed by atoms with Gasteiger partial charge in [0.15, 0.2) is 0 Å². The van der Waals surface area contributed by atoms with Crippen LogP contribution in [0.4, 0.5) is 0 Å². The van der Waals surface area contributed by atoms with Gasteiger partial charge in [0.2, 0.25) is 10.0 Å². The molecule has 22 heavy (non-hydrogen) atoms. The van der Waals surface area contributed by atoms with Crippen molar-refractivity contribution in [2.75, 3.05) is 0 Å². The second kappa shape index (κ2) is 7.40. The van der Waals surface area contributed by atoms with Gasteiger partial charge in [-0.2, -0.15) is 0 Å². The highest BCUT2D eigenvalue weighted by Gasteiger charge is 2.20. The molecule has 1 atom stereocenters. The van der Waals surface area contributed by atoms with Crippen molar-refractivity contribution in [3.05, 3.63) is 64.1 Å². The number of rotatable bonds is 6. The molecule has 0 saturated carbocycles. The third-order valence-corrected chi connectivity index (χ3v) is 6.01. The number of hydrogen-bond donors (Lipinski definition) is 1. The minimum Gasteiger partial charge on any atom is -0.208 e. The van der Waals surface area contributed by atoms with Crippen LogP contribution >= 0.6 is 15.9 Å². The van der Waals surface area contributed by atoms with Crippen molar-refractivity contribution in [2.45, 2.75) is 37.6 Å². The SMILES string of the molecule is Cc1ccc(S(=O)(=O)NC(C)CCc2ccccc2)c(Br)c1. The summed E-state index contributed by atoms with van der Waals surface area (Å²) < 4.78 is 28.2. The van der Waals surface area contributed by atoms with E-state index in [1.54, 1.807) is 12.1 Å². The van der Waals surface area contributed by atoms with Crippen LogP contribution < -0.4 is 4.72 Å². The normalized spacial score (nSPS) is 13.0. The second-order valence-electron chi connectivity index (χ2n) is 5.48. The molecule has 3 nitrogen and oxygen atoms in total. The molecule has 0 aromatic heterocycles. The molecule has 0 bridgehead atoms. The average molecular weight is 382 g/mol. The predicted molar refractivity (Wildman–Crippen MR) is 93.4 cm³/mol. The van der Waals surface area contributed by atoms with Crippen molar-refractivity contribution in [1.29, 1.82) is 0 Å².